The predicted molar refractivity (Wildman–Crippen MR) is 111 cm³/mol. The fourth-order valence-electron chi connectivity index (χ4n) is 2.75. The molecule has 11 heteroatoms. The summed E-state index contributed by atoms with van der Waals surface area (Å²) in [6.45, 7) is 2.98. The molecule has 1 aromatic carbocycles. The first-order valence-corrected chi connectivity index (χ1v) is 10.2. The number of pyridine rings is 1. The molecule has 0 aliphatic carbocycles. The Balaban J connectivity index is 1.85. The first-order valence-electron chi connectivity index (χ1n) is 9.43. The molecule has 3 aromatic rings. The van der Waals surface area contributed by atoms with E-state index in [1.165, 1.54) is 19.2 Å². The summed E-state index contributed by atoms with van der Waals surface area (Å²) in [5.74, 6) is -2.11. The van der Waals surface area contributed by atoms with Crippen molar-refractivity contribution in [3.8, 4) is 11.6 Å². The highest BCUT2D eigenvalue weighted by Crippen LogP contribution is 2.38. The molecule has 2 heterocycles. The van der Waals surface area contributed by atoms with E-state index in [1.807, 2.05) is 0 Å². The number of nitrogens with zero attached hydrogens (tertiary/aromatic N) is 1. The van der Waals surface area contributed by atoms with Crippen molar-refractivity contribution in [2.24, 2.45) is 0 Å². The average Bonchev–Trinajstić information content (AvgIpc) is 3.10. The van der Waals surface area contributed by atoms with Gasteiger partial charge in [0, 0.05) is 27.9 Å². The van der Waals surface area contributed by atoms with Crippen molar-refractivity contribution in [1.29, 1.82) is 0 Å². The Bertz CT molecular complexity index is 1130. The molecule has 0 spiro atoms. The number of alkyl halides is 3. The van der Waals surface area contributed by atoms with Crippen LogP contribution in [0.4, 0.5) is 13.2 Å². The van der Waals surface area contributed by atoms with Crippen LogP contribution in [0, 0.1) is 0 Å². The SMILES string of the molecule is CCC(C)(NC(=O)c1sc2ccccc2c1OCc1ccc(OC(F)(F)F)nc1)C(=O)O. The summed E-state index contributed by atoms with van der Waals surface area (Å²) in [7, 11) is 0. The molecule has 0 saturated heterocycles. The minimum atomic E-state index is -4.84. The van der Waals surface area contributed by atoms with Gasteiger partial charge in [-0.3, -0.25) is 4.79 Å². The first kappa shape index (κ1) is 23.3. The number of benzene rings is 1. The number of aliphatic carboxylic acids is 1. The molecule has 0 saturated carbocycles. The third-order valence-electron chi connectivity index (χ3n) is 4.73. The molecule has 3 rings (SSSR count). The van der Waals surface area contributed by atoms with E-state index in [0.717, 1.165) is 22.1 Å². The van der Waals surface area contributed by atoms with Gasteiger partial charge in [0.25, 0.3) is 5.91 Å². The van der Waals surface area contributed by atoms with Crippen LogP contribution in [0.15, 0.2) is 42.6 Å². The molecule has 2 aromatic heterocycles. The Kier molecular flexibility index (Phi) is 6.58. The van der Waals surface area contributed by atoms with Gasteiger partial charge in [0.2, 0.25) is 5.88 Å². The Morgan fingerprint density at radius 2 is 1.91 bits per heavy atom. The standard InChI is InChI=1S/C21H19F3N2O5S/c1-3-20(2,19(28)29)26-18(27)17-16(13-6-4-5-7-14(13)32-17)30-11-12-8-9-15(25-10-12)31-21(22,23)24/h4-10H,3,11H2,1-2H3,(H,26,27)(H,28,29). The maximum atomic E-state index is 12.9. The number of rotatable bonds is 8. The van der Waals surface area contributed by atoms with Crippen molar-refractivity contribution < 1.29 is 37.3 Å². The zero-order chi connectivity index (χ0) is 23.5. The minimum Gasteiger partial charge on any atom is -0.486 e. The van der Waals surface area contributed by atoms with Gasteiger partial charge in [-0.05, 0) is 31.5 Å². The molecule has 0 radical (unpaired) electrons. The Morgan fingerprint density at radius 3 is 2.50 bits per heavy atom. The number of carbonyl (C=O) groups is 2. The van der Waals surface area contributed by atoms with Gasteiger partial charge in [0.1, 0.15) is 17.0 Å². The normalized spacial score (nSPS) is 13.4. The largest absolute Gasteiger partial charge is 0.574 e. The molecule has 1 atom stereocenters. The lowest BCUT2D eigenvalue weighted by Crippen LogP contribution is -2.51. The van der Waals surface area contributed by atoms with Gasteiger partial charge in [-0.25, -0.2) is 9.78 Å². The van der Waals surface area contributed by atoms with Gasteiger partial charge in [-0.2, -0.15) is 0 Å². The van der Waals surface area contributed by atoms with Gasteiger partial charge in [0.05, 0.1) is 0 Å². The first-order chi connectivity index (χ1) is 15.0. The van der Waals surface area contributed by atoms with E-state index in [2.05, 4.69) is 15.0 Å². The molecular formula is C21H19F3N2O5S. The highest BCUT2D eigenvalue weighted by Gasteiger charge is 2.35. The van der Waals surface area contributed by atoms with Crippen molar-refractivity contribution in [2.45, 2.75) is 38.8 Å². The maximum Gasteiger partial charge on any atom is 0.574 e. The predicted octanol–water partition coefficient (Wildman–Crippen LogP) is 4.76. The van der Waals surface area contributed by atoms with Crippen LogP contribution in [0.3, 0.4) is 0 Å². The number of carboxylic acid groups (broad SMARTS) is 1. The number of amides is 1. The smallest absolute Gasteiger partial charge is 0.486 e. The monoisotopic (exact) mass is 468 g/mol. The van der Waals surface area contributed by atoms with Crippen molar-refractivity contribution >= 4 is 33.3 Å². The van der Waals surface area contributed by atoms with Gasteiger partial charge >= 0.3 is 12.3 Å². The second-order valence-corrected chi connectivity index (χ2v) is 8.09. The van der Waals surface area contributed by atoms with Crippen LogP contribution in [0.1, 0.15) is 35.5 Å². The van der Waals surface area contributed by atoms with E-state index < -0.39 is 29.7 Å². The quantitative estimate of drug-likeness (QED) is 0.495. The number of hydrogen-bond acceptors (Lipinski definition) is 6. The number of nitrogens with one attached hydrogen (secondary N) is 1. The van der Waals surface area contributed by atoms with Crippen LogP contribution in [-0.4, -0.2) is 33.9 Å². The summed E-state index contributed by atoms with van der Waals surface area (Å²) in [6, 6.07) is 9.53. The number of carbonyl (C=O) groups excluding carboxylic acids is 1. The van der Waals surface area contributed by atoms with Gasteiger partial charge < -0.3 is 19.9 Å². The number of ether oxygens (including phenoxy) is 2. The van der Waals surface area contributed by atoms with Crippen molar-refractivity contribution in [2.75, 3.05) is 0 Å². The zero-order valence-corrected chi connectivity index (χ0v) is 17.8. The van der Waals surface area contributed by atoms with Crippen molar-refractivity contribution in [1.82, 2.24) is 10.3 Å². The molecule has 32 heavy (non-hydrogen) atoms. The van der Waals surface area contributed by atoms with Crippen LogP contribution < -0.4 is 14.8 Å². The van der Waals surface area contributed by atoms with Gasteiger partial charge in [0.15, 0.2) is 5.75 Å². The topological polar surface area (TPSA) is 97.8 Å². The lowest BCUT2D eigenvalue weighted by Gasteiger charge is -2.24. The molecule has 0 bridgehead atoms. The minimum absolute atomic E-state index is 0.0791. The summed E-state index contributed by atoms with van der Waals surface area (Å²) >= 11 is 1.15. The lowest BCUT2D eigenvalue weighted by molar-refractivity contribution is -0.276. The second kappa shape index (κ2) is 9.03. The Labute approximate surface area is 184 Å². The number of hydrogen-bond donors (Lipinski definition) is 2. The third-order valence-corrected chi connectivity index (χ3v) is 5.88. The molecule has 7 nitrogen and oxygen atoms in total. The summed E-state index contributed by atoms with van der Waals surface area (Å²) < 4.78 is 47.2. The van der Waals surface area contributed by atoms with Crippen LogP contribution >= 0.6 is 11.3 Å². The highest BCUT2D eigenvalue weighted by molar-refractivity contribution is 7.21. The molecule has 0 aliphatic rings. The summed E-state index contributed by atoms with van der Waals surface area (Å²) in [6.07, 6.45) is -3.49. The van der Waals surface area contributed by atoms with E-state index in [0.29, 0.717) is 10.9 Å². The van der Waals surface area contributed by atoms with E-state index in [4.69, 9.17) is 4.74 Å². The molecule has 1 unspecified atom stereocenters. The number of aromatic nitrogens is 1. The summed E-state index contributed by atoms with van der Waals surface area (Å²) in [5, 5.41) is 12.7. The number of fused-ring (bicyclic) bond motifs is 1. The third kappa shape index (κ3) is 5.28. The summed E-state index contributed by atoms with van der Waals surface area (Å²) in [5.41, 5.74) is -1.01. The van der Waals surface area contributed by atoms with E-state index in [-0.39, 0.29) is 23.7 Å². The zero-order valence-electron chi connectivity index (χ0n) is 17.0. The summed E-state index contributed by atoms with van der Waals surface area (Å²) in [4.78, 5) is 28.3. The Hall–Kier alpha value is -3.34. The van der Waals surface area contributed by atoms with E-state index >= 15 is 0 Å². The molecule has 2 N–H and O–H groups in total. The lowest BCUT2D eigenvalue weighted by atomic mass is 9.99. The fourth-order valence-corrected chi connectivity index (χ4v) is 3.79. The molecule has 170 valence electrons. The fraction of sp³-hybridized carbons (Fsp3) is 0.286. The van der Waals surface area contributed by atoms with Crippen LogP contribution in [0.2, 0.25) is 0 Å². The maximum absolute atomic E-state index is 12.9. The number of carboxylic acids is 1. The second-order valence-electron chi connectivity index (χ2n) is 7.04. The van der Waals surface area contributed by atoms with Crippen LogP contribution in [-0.2, 0) is 11.4 Å². The van der Waals surface area contributed by atoms with Crippen molar-refractivity contribution in [3.05, 3.63) is 53.0 Å². The van der Waals surface area contributed by atoms with Crippen molar-refractivity contribution in [3.63, 3.8) is 0 Å². The molecular weight excluding hydrogens is 449 g/mol. The van der Waals surface area contributed by atoms with E-state index in [9.17, 15) is 27.9 Å². The Morgan fingerprint density at radius 1 is 1.19 bits per heavy atom. The van der Waals surface area contributed by atoms with Gasteiger partial charge in [-0.1, -0.05) is 19.1 Å². The molecule has 1 amide bonds. The molecule has 0 aliphatic heterocycles. The van der Waals surface area contributed by atoms with E-state index in [1.54, 1.807) is 31.2 Å². The van der Waals surface area contributed by atoms with Crippen LogP contribution in [0.5, 0.6) is 11.6 Å². The van der Waals surface area contributed by atoms with Crippen LogP contribution in [0.25, 0.3) is 10.1 Å². The molecule has 0 fully saturated rings. The number of halogens is 3. The number of thiophene rings is 1. The average molecular weight is 468 g/mol. The van der Waals surface area contributed by atoms with Gasteiger partial charge in [-0.15, -0.1) is 24.5 Å². The highest BCUT2D eigenvalue weighted by atomic mass is 32.1.